The van der Waals surface area contributed by atoms with Crippen LogP contribution in [0.1, 0.15) is 6.92 Å². The van der Waals surface area contributed by atoms with Crippen molar-refractivity contribution >= 4 is 50.0 Å². The van der Waals surface area contributed by atoms with Crippen LogP contribution in [0.4, 0.5) is 5.69 Å². The van der Waals surface area contributed by atoms with Crippen LogP contribution >= 0.6 is 24.0 Å². The van der Waals surface area contributed by atoms with Gasteiger partial charge in [0.2, 0.25) is 0 Å². The molecule has 8 heteroatoms. The largest absolute Gasteiger partial charge is 0.470 e. The van der Waals surface area contributed by atoms with Gasteiger partial charge in [-0.25, -0.2) is 12.7 Å². The first-order valence-electron chi connectivity index (χ1n) is 5.51. The number of para-hydroxylation sites is 1. The fraction of sp³-hybridized carbons (Fsp3) is 0.273. The van der Waals surface area contributed by atoms with Gasteiger partial charge in [0, 0.05) is 0 Å². The van der Waals surface area contributed by atoms with E-state index in [1.54, 1.807) is 31.2 Å². The Labute approximate surface area is 121 Å². The molecule has 1 heterocycles. The van der Waals surface area contributed by atoms with E-state index in [0.29, 0.717) is 17.5 Å². The topological polar surface area (TPSA) is 59.0 Å². The van der Waals surface area contributed by atoms with Crippen LogP contribution < -0.4 is 4.31 Å². The molecule has 1 aliphatic heterocycles. The molecule has 0 N–H and O–H groups in total. The van der Waals surface area contributed by atoms with Crippen LogP contribution in [-0.2, 0) is 14.8 Å². The quantitative estimate of drug-likeness (QED) is 0.783. The molecule has 1 aromatic rings. The van der Waals surface area contributed by atoms with Crippen molar-refractivity contribution in [3.63, 3.8) is 0 Å². The van der Waals surface area contributed by atoms with Gasteiger partial charge in [0.05, 0.1) is 12.3 Å². The lowest BCUT2D eigenvalue weighted by Crippen LogP contribution is -2.29. The Morgan fingerprint density at radius 1 is 1.47 bits per heavy atom. The number of sulfonamides is 1. The second-order valence-corrected chi connectivity index (χ2v) is 7.04. The summed E-state index contributed by atoms with van der Waals surface area (Å²) in [5.41, 5.74) is 0.547. The van der Waals surface area contributed by atoms with Gasteiger partial charge in [-0.15, -0.1) is 0 Å². The molecule has 0 amide bonds. The fourth-order valence-corrected chi connectivity index (χ4v) is 4.80. The minimum absolute atomic E-state index is 0.0445. The summed E-state index contributed by atoms with van der Waals surface area (Å²) in [5.74, 6) is 0. The van der Waals surface area contributed by atoms with Crippen LogP contribution in [-0.4, -0.2) is 30.5 Å². The maximum absolute atomic E-state index is 12.1. The van der Waals surface area contributed by atoms with Crippen molar-refractivity contribution in [1.82, 2.24) is 0 Å². The predicted octanol–water partition coefficient (Wildman–Crippen LogP) is 2.20. The number of hydrogen-bond donors (Lipinski definition) is 0. The van der Waals surface area contributed by atoms with E-state index in [4.69, 9.17) is 17.0 Å². The summed E-state index contributed by atoms with van der Waals surface area (Å²) in [6.45, 7) is 2.19. The van der Waals surface area contributed by atoms with E-state index >= 15 is 0 Å². The van der Waals surface area contributed by atoms with Gasteiger partial charge in [0.25, 0.3) is 15.2 Å². The van der Waals surface area contributed by atoms with Gasteiger partial charge in [0.1, 0.15) is 5.08 Å². The summed E-state index contributed by atoms with van der Waals surface area (Å²) in [6.07, 6.45) is 0. The van der Waals surface area contributed by atoms with Crippen LogP contribution in [0.3, 0.4) is 0 Å². The number of amidine groups is 1. The molecule has 0 unspecified atom stereocenters. The number of rotatable bonds is 2. The van der Waals surface area contributed by atoms with E-state index in [0.717, 1.165) is 11.8 Å². The molecule has 19 heavy (non-hydrogen) atoms. The van der Waals surface area contributed by atoms with Crippen LogP contribution in [0.25, 0.3) is 0 Å². The first-order chi connectivity index (χ1) is 9.04. The van der Waals surface area contributed by atoms with Crippen molar-refractivity contribution in [1.29, 1.82) is 0 Å². The van der Waals surface area contributed by atoms with Crippen LogP contribution in [0, 0.1) is 0 Å². The lowest BCUT2D eigenvalue weighted by Gasteiger charge is -2.16. The molecule has 5 nitrogen and oxygen atoms in total. The Balaban J connectivity index is 2.38. The smallest absolute Gasteiger partial charge is 0.285 e. The molecule has 0 spiro atoms. The average molecular weight is 316 g/mol. The highest BCUT2D eigenvalue weighted by molar-refractivity contribution is 8.27. The van der Waals surface area contributed by atoms with E-state index in [1.807, 2.05) is 6.07 Å². The summed E-state index contributed by atoms with van der Waals surface area (Å²) in [5, 5.41) is 0.322. The van der Waals surface area contributed by atoms with Gasteiger partial charge in [-0.2, -0.15) is 4.99 Å². The van der Waals surface area contributed by atoms with E-state index in [9.17, 15) is 8.42 Å². The third kappa shape index (κ3) is 3.26. The zero-order valence-corrected chi connectivity index (χ0v) is 12.6. The first-order valence-corrected chi connectivity index (χ1v) is 8.51. The Hall–Kier alpha value is -1.12. The van der Waals surface area contributed by atoms with E-state index in [2.05, 4.69) is 4.99 Å². The van der Waals surface area contributed by atoms with Gasteiger partial charge < -0.3 is 4.74 Å². The fourth-order valence-electron chi connectivity index (χ4n) is 1.50. The van der Waals surface area contributed by atoms with Gasteiger partial charge in [-0.3, -0.25) is 0 Å². The molecule has 2 rings (SSSR count). The third-order valence-electron chi connectivity index (χ3n) is 2.23. The molecule has 1 saturated heterocycles. The van der Waals surface area contributed by atoms with Crippen molar-refractivity contribution in [2.45, 2.75) is 6.92 Å². The highest BCUT2D eigenvalue weighted by atomic mass is 32.3. The van der Waals surface area contributed by atoms with E-state index in [1.165, 1.54) is 4.31 Å². The van der Waals surface area contributed by atoms with E-state index in [-0.39, 0.29) is 10.3 Å². The van der Waals surface area contributed by atoms with Crippen molar-refractivity contribution in [3.8, 4) is 0 Å². The van der Waals surface area contributed by atoms with Gasteiger partial charge >= 0.3 is 0 Å². The molecule has 1 fully saturated rings. The third-order valence-corrected chi connectivity index (χ3v) is 5.69. The molecule has 102 valence electrons. The highest BCUT2D eigenvalue weighted by Gasteiger charge is 2.35. The molecule has 0 bridgehead atoms. The average Bonchev–Trinajstić information content (AvgIpc) is 2.66. The van der Waals surface area contributed by atoms with Crippen molar-refractivity contribution < 1.29 is 13.2 Å². The number of ether oxygens (including phenoxy) is 1. The number of aliphatic imine (C=N–C) groups is 1. The van der Waals surface area contributed by atoms with Crippen LogP contribution in [0.15, 0.2) is 35.3 Å². The number of thiocarbonyl (C=S) groups is 1. The summed E-state index contributed by atoms with van der Waals surface area (Å²) in [7, 11) is -3.40. The summed E-state index contributed by atoms with van der Waals surface area (Å²) in [6, 6.07) is 8.78. The molecule has 0 atom stereocenters. The van der Waals surface area contributed by atoms with Gasteiger partial charge in [-0.1, -0.05) is 30.0 Å². The molecule has 0 saturated carbocycles. The van der Waals surface area contributed by atoms with Crippen molar-refractivity contribution in [2.24, 2.45) is 4.99 Å². The number of hydrogen-bond acceptors (Lipinski definition) is 5. The Morgan fingerprint density at radius 2 is 2.16 bits per heavy atom. The zero-order chi connectivity index (χ0) is 13.9. The highest BCUT2D eigenvalue weighted by Crippen LogP contribution is 2.31. The number of nitrogens with zero attached hydrogens (tertiary/aromatic N) is 2. The second-order valence-electron chi connectivity index (χ2n) is 3.57. The summed E-state index contributed by atoms with van der Waals surface area (Å²) in [4.78, 5) is 4.05. The molecule has 0 aromatic heterocycles. The molecular formula is C11H12N2O3S3. The van der Waals surface area contributed by atoms with E-state index < -0.39 is 10.0 Å². The lowest BCUT2D eigenvalue weighted by molar-refractivity contribution is 0.332. The number of thioether (sulfide) groups is 1. The normalized spacial score (nSPS) is 19.6. The van der Waals surface area contributed by atoms with Crippen LogP contribution in [0.2, 0.25) is 0 Å². The maximum Gasteiger partial charge on any atom is 0.285 e. The molecule has 1 aliphatic rings. The molecule has 0 aliphatic carbocycles. The first kappa shape index (κ1) is 14.3. The minimum atomic E-state index is -3.40. The second kappa shape index (κ2) is 5.89. The maximum atomic E-state index is 12.1. The zero-order valence-electron chi connectivity index (χ0n) is 10.1. The molecular weight excluding hydrogens is 304 g/mol. The van der Waals surface area contributed by atoms with Crippen molar-refractivity contribution in [3.05, 3.63) is 30.3 Å². The van der Waals surface area contributed by atoms with Crippen molar-refractivity contribution in [2.75, 3.05) is 16.0 Å². The predicted molar refractivity (Wildman–Crippen MR) is 82.0 cm³/mol. The lowest BCUT2D eigenvalue weighted by atomic mass is 10.3. The van der Waals surface area contributed by atoms with Gasteiger partial charge in [-0.05, 0) is 31.3 Å². The standard InChI is InChI=1S/C11H12N2O3S3/c1-2-16-11(17)12-10-13(19(14,15)8-18-10)9-6-4-3-5-7-9/h3-7H,2,8H2,1H3/b12-10-. The molecule has 1 aromatic carbocycles. The summed E-state index contributed by atoms with van der Waals surface area (Å²) < 4.78 is 30.4. The van der Waals surface area contributed by atoms with Gasteiger partial charge in [0.15, 0.2) is 5.17 Å². The number of anilines is 1. The Bertz CT molecular complexity index is 599. The molecule has 0 radical (unpaired) electrons. The monoisotopic (exact) mass is 316 g/mol. The summed E-state index contributed by atoms with van der Waals surface area (Å²) >= 11 is 6.05. The number of benzene rings is 1. The Morgan fingerprint density at radius 3 is 2.79 bits per heavy atom. The Kier molecular flexibility index (Phi) is 4.43. The SMILES string of the molecule is CCOC(=S)/N=C1\SCS(=O)(=O)N1c1ccccc1. The van der Waals surface area contributed by atoms with Crippen LogP contribution in [0.5, 0.6) is 0 Å². The minimum Gasteiger partial charge on any atom is -0.470 e.